The van der Waals surface area contributed by atoms with E-state index in [1.54, 1.807) is 36.2 Å². The van der Waals surface area contributed by atoms with Crippen LogP contribution >= 0.6 is 0 Å². The van der Waals surface area contributed by atoms with Crippen molar-refractivity contribution in [3.63, 3.8) is 0 Å². The van der Waals surface area contributed by atoms with E-state index >= 15 is 0 Å². The van der Waals surface area contributed by atoms with Gasteiger partial charge in [-0.2, -0.15) is 0 Å². The number of carbonyl (C=O) groups excluding carboxylic acids is 3. The van der Waals surface area contributed by atoms with Gasteiger partial charge in [0.25, 0.3) is 11.8 Å². The molecule has 0 N–H and O–H groups in total. The second-order valence-corrected chi connectivity index (χ2v) is 6.33. The number of benzene rings is 1. The number of fused-ring (bicyclic) bond motifs is 1. The second kappa shape index (κ2) is 7.76. The van der Waals surface area contributed by atoms with Gasteiger partial charge >= 0.3 is 0 Å². The van der Waals surface area contributed by atoms with E-state index in [9.17, 15) is 14.4 Å². The molecule has 3 rings (SSSR count). The molecule has 1 fully saturated rings. The van der Waals surface area contributed by atoms with Crippen molar-refractivity contribution in [2.45, 2.75) is 6.42 Å². The molecule has 0 bridgehead atoms. The topological polar surface area (TPSA) is 70.2 Å². The SMILES string of the molecule is CN(CCN1CCOCC1)C(=O)CCN1C(=O)c2ccccc2C1=O. The highest BCUT2D eigenvalue weighted by atomic mass is 16.5. The molecule has 0 spiro atoms. The van der Waals surface area contributed by atoms with E-state index in [4.69, 9.17) is 4.74 Å². The lowest BCUT2D eigenvalue weighted by atomic mass is 10.1. The number of hydrogen-bond acceptors (Lipinski definition) is 5. The molecule has 0 unspecified atom stereocenters. The predicted octanol–water partition coefficient (Wildman–Crippen LogP) is 0.463. The highest BCUT2D eigenvalue weighted by Gasteiger charge is 2.35. The van der Waals surface area contributed by atoms with Gasteiger partial charge in [0.1, 0.15) is 0 Å². The van der Waals surface area contributed by atoms with Gasteiger partial charge in [0.05, 0.1) is 24.3 Å². The summed E-state index contributed by atoms with van der Waals surface area (Å²) in [4.78, 5) is 41.9. The Kier molecular flexibility index (Phi) is 5.45. The number of likely N-dealkylation sites (N-methyl/N-ethyl adjacent to an activating group) is 1. The Morgan fingerprint density at radius 3 is 2.28 bits per heavy atom. The molecule has 0 aliphatic carbocycles. The highest BCUT2D eigenvalue weighted by molar-refractivity contribution is 6.21. The summed E-state index contributed by atoms with van der Waals surface area (Å²) in [5.74, 6) is -0.696. The van der Waals surface area contributed by atoms with Gasteiger partial charge in [0, 0.05) is 46.2 Å². The number of imide groups is 1. The van der Waals surface area contributed by atoms with Gasteiger partial charge in [-0.15, -0.1) is 0 Å². The number of rotatable bonds is 6. The molecule has 1 aromatic rings. The maximum Gasteiger partial charge on any atom is 0.261 e. The first-order valence-corrected chi connectivity index (χ1v) is 8.57. The van der Waals surface area contributed by atoms with Crippen LogP contribution in [0.4, 0.5) is 0 Å². The van der Waals surface area contributed by atoms with Crippen LogP contribution < -0.4 is 0 Å². The minimum atomic E-state index is -0.315. The summed E-state index contributed by atoms with van der Waals surface area (Å²) in [6, 6.07) is 6.76. The molecule has 1 aromatic carbocycles. The lowest BCUT2D eigenvalue weighted by Gasteiger charge is -2.28. The van der Waals surface area contributed by atoms with Crippen LogP contribution in [0, 0.1) is 0 Å². The quantitative estimate of drug-likeness (QED) is 0.701. The third-order valence-electron chi connectivity index (χ3n) is 4.71. The van der Waals surface area contributed by atoms with Gasteiger partial charge < -0.3 is 9.64 Å². The summed E-state index contributed by atoms with van der Waals surface area (Å²) in [6.07, 6.45) is 0.144. The fourth-order valence-corrected chi connectivity index (χ4v) is 3.08. The standard InChI is InChI=1S/C18H23N3O4/c1-19(8-9-20-10-12-25-13-11-20)16(22)6-7-21-17(23)14-4-2-3-5-15(14)18(21)24/h2-5H,6-13H2,1H3. The van der Waals surface area contributed by atoms with E-state index in [2.05, 4.69) is 4.90 Å². The summed E-state index contributed by atoms with van der Waals surface area (Å²) < 4.78 is 5.30. The summed E-state index contributed by atoms with van der Waals surface area (Å²) in [6.45, 7) is 4.79. The summed E-state index contributed by atoms with van der Waals surface area (Å²) >= 11 is 0. The second-order valence-electron chi connectivity index (χ2n) is 6.33. The highest BCUT2D eigenvalue weighted by Crippen LogP contribution is 2.22. The van der Waals surface area contributed by atoms with Crippen molar-refractivity contribution >= 4 is 17.7 Å². The number of hydrogen-bond donors (Lipinski definition) is 0. The molecule has 2 aliphatic rings. The van der Waals surface area contributed by atoms with Crippen molar-refractivity contribution in [1.82, 2.24) is 14.7 Å². The van der Waals surface area contributed by atoms with Crippen LogP contribution in [0.25, 0.3) is 0 Å². The van der Waals surface area contributed by atoms with Crippen LogP contribution in [-0.4, -0.2) is 85.4 Å². The molecule has 7 heteroatoms. The number of morpholine rings is 1. The molecular weight excluding hydrogens is 322 g/mol. The molecule has 0 aromatic heterocycles. The largest absolute Gasteiger partial charge is 0.379 e. The van der Waals surface area contributed by atoms with Gasteiger partial charge in [-0.3, -0.25) is 24.2 Å². The van der Waals surface area contributed by atoms with Crippen molar-refractivity contribution in [2.24, 2.45) is 0 Å². The van der Waals surface area contributed by atoms with Crippen molar-refractivity contribution < 1.29 is 19.1 Å². The molecule has 1 saturated heterocycles. The first-order valence-electron chi connectivity index (χ1n) is 8.57. The Labute approximate surface area is 147 Å². The monoisotopic (exact) mass is 345 g/mol. The van der Waals surface area contributed by atoms with E-state index in [1.807, 2.05) is 0 Å². The number of nitrogens with zero attached hydrogens (tertiary/aromatic N) is 3. The van der Waals surface area contributed by atoms with E-state index in [-0.39, 0.29) is 30.7 Å². The molecule has 0 atom stereocenters. The lowest BCUT2D eigenvalue weighted by Crippen LogP contribution is -2.42. The zero-order valence-electron chi connectivity index (χ0n) is 14.4. The smallest absolute Gasteiger partial charge is 0.261 e. The van der Waals surface area contributed by atoms with Crippen molar-refractivity contribution in [2.75, 3.05) is 53.0 Å². The Balaban J connectivity index is 1.47. The molecule has 134 valence electrons. The van der Waals surface area contributed by atoms with Crippen LogP contribution in [0.2, 0.25) is 0 Å². The Morgan fingerprint density at radius 2 is 1.68 bits per heavy atom. The average Bonchev–Trinajstić information content (AvgIpc) is 2.89. The number of amides is 3. The van der Waals surface area contributed by atoms with E-state index in [1.165, 1.54) is 4.90 Å². The molecule has 0 saturated carbocycles. The van der Waals surface area contributed by atoms with Gasteiger partial charge in [0.15, 0.2) is 0 Å². The van der Waals surface area contributed by atoms with Gasteiger partial charge in [0.2, 0.25) is 5.91 Å². The van der Waals surface area contributed by atoms with Gasteiger partial charge in [-0.1, -0.05) is 12.1 Å². The van der Waals surface area contributed by atoms with Crippen LogP contribution in [0.5, 0.6) is 0 Å². The predicted molar refractivity (Wildman–Crippen MR) is 91.3 cm³/mol. The Hall–Kier alpha value is -2.25. The normalized spacial score (nSPS) is 17.7. The van der Waals surface area contributed by atoms with Crippen molar-refractivity contribution in [3.05, 3.63) is 35.4 Å². The number of ether oxygens (including phenoxy) is 1. The van der Waals surface area contributed by atoms with E-state index in [0.29, 0.717) is 17.7 Å². The summed E-state index contributed by atoms with van der Waals surface area (Å²) in [5.41, 5.74) is 0.834. The van der Waals surface area contributed by atoms with Crippen LogP contribution in [0.15, 0.2) is 24.3 Å². The summed E-state index contributed by atoms with van der Waals surface area (Å²) in [7, 11) is 1.76. The first kappa shape index (κ1) is 17.6. The first-order chi connectivity index (χ1) is 12.1. The zero-order chi connectivity index (χ0) is 17.8. The Morgan fingerprint density at radius 1 is 1.08 bits per heavy atom. The van der Waals surface area contributed by atoms with E-state index in [0.717, 1.165) is 32.8 Å². The fourth-order valence-electron chi connectivity index (χ4n) is 3.08. The van der Waals surface area contributed by atoms with Crippen molar-refractivity contribution in [1.29, 1.82) is 0 Å². The number of carbonyl (C=O) groups is 3. The molecule has 25 heavy (non-hydrogen) atoms. The van der Waals surface area contributed by atoms with Gasteiger partial charge in [-0.25, -0.2) is 0 Å². The van der Waals surface area contributed by atoms with Crippen molar-refractivity contribution in [3.8, 4) is 0 Å². The molecule has 3 amide bonds. The average molecular weight is 345 g/mol. The molecule has 2 heterocycles. The lowest BCUT2D eigenvalue weighted by molar-refractivity contribution is -0.130. The third kappa shape index (κ3) is 3.88. The van der Waals surface area contributed by atoms with Crippen LogP contribution in [-0.2, 0) is 9.53 Å². The van der Waals surface area contributed by atoms with Gasteiger partial charge in [-0.05, 0) is 12.1 Å². The summed E-state index contributed by atoms with van der Waals surface area (Å²) in [5, 5.41) is 0. The Bertz CT molecular complexity index is 635. The molecular formula is C18H23N3O4. The van der Waals surface area contributed by atoms with Crippen LogP contribution in [0.3, 0.4) is 0 Å². The maximum atomic E-state index is 12.3. The van der Waals surface area contributed by atoms with E-state index < -0.39 is 0 Å². The molecule has 0 radical (unpaired) electrons. The minimum absolute atomic E-state index is 0.0650. The fraction of sp³-hybridized carbons (Fsp3) is 0.500. The third-order valence-corrected chi connectivity index (χ3v) is 4.71. The molecule has 2 aliphatic heterocycles. The zero-order valence-corrected chi connectivity index (χ0v) is 14.4. The molecule has 7 nitrogen and oxygen atoms in total. The maximum absolute atomic E-state index is 12.3. The van der Waals surface area contributed by atoms with Crippen LogP contribution in [0.1, 0.15) is 27.1 Å². The minimum Gasteiger partial charge on any atom is -0.379 e.